The van der Waals surface area contributed by atoms with Crippen LogP contribution in [0.25, 0.3) is 0 Å². The second-order valence-corrected chi connectivity index (χ2v) is 3.92. The van der Waals surface area contributed by atoms with Crippen LogP contribution in [-0.2, 0) is 4.79 Å². The fraction of sp³-hybridized carbons (Fsp3) is 0.667. The highest BCUT2D eigenvalue weighted by Crippen LogP contribution is 2.25. The number of carbonyl (C=O) groups is 1. The lowest BCUT2D eigenvalue weighted by Crippen LogP contribution is -2.16. The summed E-state index contributed by atoms with van der Waals surface area (Å²) in [6.45, 7) is 8.45. The van der Waals surface area contributed by atoms with Crippen molar-refractivity contribution in [1.82, 2.24) is 0 Å². The molecule has 0 aromatic carbocycles. The first-order valence-corrected chi connectivity index (χ1v) is 3.81. The largest absolute Gasteiger partial charge is 0.366 e. The zero-order chi connectivity index (χ0) is 9.07. The van der Waals surface area contributed by atoms with E-state index in [9.17, 15) is 4.79 Å². The fourth-order valence-electron chi connectivity index (χ4n) is 0.528. The third-order valence-electron chi connectivity index (χ3n) is 1.92. The molecule has 2 heteroatoms. The van der Waals surface area contributed by atoms with Crippen LogP contribution in [0, 0.1) is 11.3 Å². The van der Waals surface area contributed by atoms with E-state index in [0.29, 0.717) is 5.92 Å². The minimum atomic E-state index is -0.374. The van der Waals surface area contributed by atoms with E-state index < -0.39 is 0 Å². The van der Waals surface area contributed by atoms with Gasteiger partial charge in [0.1, 0.15) is 0 Å². The molecular weight excluding hydrogens is 138 g/mol. The van der Waals surface area contributed by atoms with Crippen LogP contribution in [0.15, 0.2) is 12.2 Å². The molecule has 0 bridgehead atoms. The molecular formula is C9H17NO. The molecule has 0 aliphatic heterocycles. The lowest BCUT2D eigenvalue weighted by atomic mass is 9.82. The van der Waals surface area contributed by atoms with Crippen LogP contribution in [0.5, 0.6) is 0 Å². The Morgan fingerprint density at radius 1 is 1.45 bits per heavy atom. The molecule has 11 heavy (non-hydrogen) atoms. The Kier molecular flexibility index (Phi) is 3.30. The first-order chi connectivity index (χ1) is 4.84. The van der Waals surface area contributed by atoms with Gasteiger partial charge in [-0.3, -0.25) is 4.79 Å². The number of nitrogens with two attached hydrogens (primary N) is 1. The minimum Gasteiger partial charge on any atom is -0.366 e. The van der Waals surface area contributed by atoms with Crippen LogP contribution in [0.4, 0.5) is 0 Å². The van der Waals surface area contributed by atoms with Crippen molar-refractivity contribution in [2.24, 2.45) is 17.1 Å². The average Bonchev–Trinajstić information content (AvgIpc) is 1.80. The molecule has 2 nitrogen and oxygen atoms in total. The van der Waals surface area contributed by atoms with Crippen LogP contribution < -0.4 is 5.73 Å². The highest BCUT2D eigenvalue weighted by Gasteiger charge is 2.16. The van der Waals surface area contributed by atoms with E-state index in [1.165, 1.54) is 6.08 Å². The van der Waals surface area contributed by atoms with Gasteiger partial charge >= 0.3 is 0 Å². The van der Waals surface area contributed by atoms with Crippen LogP contribution in [0.2, 0.25) is 0 Å². The van der Waals surface area contributed by atoms with Gasteiger partial charge in [0.2, 0.25) is 5.91 Å². The van der Waals surface area contributed by atoms with Crippen molar-refractivity contribution in [3.8, 4) is 0 Å². The predicted molar refractivity (Wildman–Crippen MR) is 47.0 cm³/mol. The summed E-state index contributed by atoms with van der Waals surface area (Å²) in [4.78, 5) is 10.4. The number of amides is 1. The second kappa shape index (κ2) is 3.56. The van der Waals surface area contributed by atoms with Crippen molar-refractivity contribution in [2.75, 3.05) is 0 Å². The molecule has 0 saturated carbocycles. The van der Waals surface area contributed by atoms with E-state index in [4.69, 9.17) is 5.73 Å². The van der Waals surface area contributed by atoms with Gasteiger partial charge < -0.3 is 5.73 Å². The molecule has 1 unspecified atom stereocenters. The smallest absolute Gasteiger partial charge is 0.241 e. The number of carbonyl (C=O) groups excluding carboxylic acids is 1. The summed E-state index contributed by atoms with van der Waals surface area (Å²) in [5.74, 6) is -0.00361. The van der Waals surface area contributed by atoms with Gasteiger partial charge in [-0.15, -0.1) is 0 Å². The Morgan fingerprint density at radius 2 is 1.91 bits per heavy atom. The first-order valence-electron chi connectivity index (χ1n) is 3.81. The lowest BCUT2D eigenvalue weighted by molar-refractivity contribution is -0.113. The van der Waals surface area contributed by atoms with Gasteiger partial charge in [-0.2, -0.15) is 0 Å². The molecule has 0 radical (unpaired) electrons. The summed E-state index contributed by atoms with van der Waals surface area (Å²) < 4.78 is 0. The van der Waals surface area contributed by atoms with Crippen molar-refractivity contribution in [2.45, 2.75) is 27.7 Å². The van der Waals surface area contributed by atoms with E-state index >= 15 is 0 Å². The van der Waals surface area contributed by atoms with Crippen LogP contribution in [-0.4, -0.2) is 5.91 Å². The van der Waals surface area contributed by atoms with Gasteiger partial charge in [0.25, 0.3) is 0 Å². The van der Waals surface area contributed by atoms with Crippen molar-refractivity contribution in [1.29, 1.82) is 0 Å². The Hall–Kier alpha value is -0.790. The maximum absolute atomic E-state index is 10.4. The van der Waals surface area contributed by atoms with Crippen LogP contribution >= 0.6 is 0 Å². The number of hydrogen-bond donors (Lipinski definition) is 1. The van der Waals surface area contributed by atoms with Crippen LogP contribution in [0.1, 0.15) is 27.7 Å². The van der Waals surface area contributed by atoms with Crippen molar-refractivity contribution >= 4 is 5.91 Å². The SMILES string of the molecule is CC(/C=C/C(N)=O)C(C)(C)C. The topological polar surface area (TPSA) is 43.1 Å². The summed E-state index contributed by atoms with van der Waals surface area (Å²) >= 11 is 0. The molecule has 64 valence electrons. The third kappa shape index (κ3) is 4.59. The molecule has 0 aromatic heterocycles. The standard InChI is InChI=1S/C9H17NO/c1-7(9(2,3)4)5-6-8(10)11/h5-7H,1-4H3,(H2,10,11)/b6-5+. The maximum atomic E-state index is 10.4. The molecule has 0 aromatic rings. The van der Waals surface area contributed by atoms with Crippen LogP contribution in [0.3, 0.4) is 0 Å². The molecule has 0 fully saturated rings. The van der Waals surface area contributed by atoms with E-state index in [2.05, 4.69) is 27.7 Å². The summed E-state index contributed by atoms with van der Waals surface area (Å²) in [5, 5.41) is 0. The van der Waals surface area contributed by atoms with Crippen molar-refractivity contribution < 1.29 is 4.79 Å². The Balaban J connectivity index is 4.07. The highest BCUT2D eigenvalue weighted by molar-refractivity contribution is 5.85. The summed E-state index contributed by atoms with van der Waals surface area (Å²) in [7, 11) is 0. The fourth-order valence-corrected chi connectivity index (χ4v) is 0.528. The number of hydrogen-bond acceptors (Lipinski definition) is 1. The van der Waals surface area contributed by atoms with Gasteiger partial charge in [0, 0.05) is 0 Å². The zero-order valence-corrected chi connectivity index (χ0v) is 7.72. The highest BCUT2D eigenvalue weighted by atomic mass is 16.1. The van der Waals surface area contributed by atoms with E-state index in [-0.39, 0.29) is 11.3 Å². The molecule has 0 rings (SSSR count). The molecule has 1 amide bonds. The van der Waals surface area contributed by atoms with Gasteiger partial charge in [-0.25, -0.2) is 0 Å². The Labute approximate surface area is 68.5 Å². The molecule has 0 aliphatic carbocycles. The Bertz CT molecular complexity index is 165. The summed E-state index contributed by atoms with van der Waals surface area (Å²) in [5.41, 5.74) is 5.16. The van der Waals surface area contributed by atoms with Gasteiger partial charge in [-0.1, -0.05) is 33.8 Å². The van der Waals surface area contributed by atoms with E-state index in [0.717, 1.165) is 0 Å². The molecule has 2 N–H and O–H groups in total. The number of primary amides is 1. The quantitative estimate of drug-likeness (QED) is 0.606. The third-order valence-corrected chi connectivity index (χ3v) is 1.92. The average molecular weight is 155 g/mol. The maximum Gasteiger partial charge on any atom is 0.241 e. The molecule has 0 heterocycles. The number of allylic oxidation sites excluding steroid dienone is 1. The van der Waals surface area contributed by atoms with E-state index in [1.54, 1.807) is 0 Å². The first kappa shape index (κ1) is 10.2. The summed E-state index contributed by atoms with van der Waals surface area (Å²) in [6, 6.07) is 0. The molecule has 0 saturated heterocycles. The normalized spacial score (nSPS) is 15.3. The molecule has 0 aliphatic rings. The van der Waals surface area contributed by atoms with Crippen molar-refractivity contribution in [3.63, 3.8) is 0 Å². The minimum absolute atomic E-state index is 0.200. The Morgan fingerprint density at radius 3 is 2.18 bits per heavy atom. The zero-order valence-electron chi connectivity index (χ0n) is 7.72. The molecule has 0 spiro atoms. The monoisotopic (exact) mass is 155 g/mol. The van der Waals surface area contributed by atoms with Gasteiger partial charge in [0.05, 0.1) is 0 Å². The number of rotatable bonds is 2. The van der Waals surface area contributed by atoms with Crippen molar-refractivity contribution in [3.05, 3.63) is 12.2 Å². The van der Waals surface area contributed by atoms with E-state index in [1.807, 2.05) is 6.08 Å². The summed E-state index contributed by atoms with van der Waals surface area (Å²) in [6.07, 6.45) is 3.28. The predicted octanol–water partition coefficient (Wildman–Crippen LogP) is 1.71. The van der Waals surface area contributed by atoms with Gasteiger partial charge in [0.15, 0.2) is 0 Å². The lowest BCUT2D eigenvalue weighted by Gasteiger charge is -2.23. The molecule has 1 atom stereocenters. The van der Waals surface area contributed by atoms with Gasteiger partial charge in [-0.05, 0) is 17.4 Å². The second-order valence-electron chi connectivity index (χ2n) is 3.92.